The zero-order valence-corrected chi connectivity index (χ0v) is 14.6. The molecule has 0 fully saturated rings. The van der Waals surface area contributed by atoms with Crippen LogP contribution < -0.4 is 5.73 Å². The van der Waals surface area contributed by atoms with E-state index in [0.29, 0.717) is 12.5 Å². The van der Waals surface area contributed by atoms with Crippen molar-refractivity contribution in [1.29, 1.82) is 0 Å². The molecule has 2 N–H and O–H groups in total. The van der Waals surface area contributed by atoms with E-state index in [1.807, 2.05) is 47.4 Å². The maximum Gasteiger partial charge on any atom is 0.197 e. The molecule has 0 amide bonds. The van der Waals surface area contributed by atoms with Gasteiger partial charge in [0, 0.05) is 4.88 Å². The molecule has 3 aromatic rings. The summed E-state index contributed by atoms with van der Waals surface area (Å²) in [6.07, 6.45) is 0. The van der Waals surface area contributed by atoms with Crippen LogP contribution in [0, 0.1) is 0 Å². The monoisotopic (exact) mass is 345 g/mol. The van der Waals surface area contributed by atoms with Gasteiger partial charge in [0.2, 0.25) is 0 Å². The van der Waals surface area contributed by atoms with Crippen LogP contribution in [0.3, 0.4) is 0 Å². The van der Waals surface area contributed by atoms with Gasteiger partial charge < -0.3 is 10.6 Å². The summed E-state index contributed by atoms with van der Waals surface area (Å²) in [5.41, 5.74) is 8.71. The molecule has 124 valence electrons. The minimum Gasteiger partial charge on any atom is -0.369 e. The van der Waals surface area contributed by atoms with Gasteiger partial charge in [-0.1, -0.05) is 73.3 Å². The second-order valence-corrected chi connectivity index (χ2v) is 7.06. The molecule has 1 aliphatic rings. The summed E-state index contributed by atoms with van der Waals surface area (Å²) in [5, 5.41) is 2.07. The fourth-order valence-electron chi connectivity index (χ4n) is 3.35. The van der Waals surface area contributed by atoms with Gasteiger partial charge >= 0.3 is 0 Å². The normalized spacial score (nSPS) is 16.1. The van der Waals surface area contributed by atoms with Crippen LogP contribution in [0.15, 0.2) is 95.4 Å². The number of hydrogen-bond acceptors (Lipinski definition) is 4. The Morgan fingerprint density at radius 3 is 2.04 bits per heavy atom. The van der Waals surface area contributed by atoms with Crippen molar-refractivity contribution in [3.63, 3.8) is 0 Å². The molecule has 3 nitrogen and oxygen atoms in total. The third-order valence-corrected chi connectivity index (χ3v) is 5.44. The van der Waals surface area contributed by atoms with Gasteiger partial charge in [0.15, 0.2) is 11.5 Å². The summed E-state index contributed by atoms with van der Waals surface area (Å²) in [7, 11) is 0. The second-order valence-electron chi connectivity index (χ2n) is 6.02. The first kappa shape index (κ1) is 15.7. The molecule has 0 atom stereocenters. The molecule has 25 heavy (non-hydrogen) atoms. The zero-order valence-electron chi connectivity index (χ0n) is 13.8. The van der Waals surface area contributed by atoms with E-state index < -0.39 is 5.54 Å². The lowest BCUT2D eigenvalue weighted by molar-refractivity contribution is 0.469. The Morgan fingerprint density at radius 2 is 1.52 bits per heavy atom. The molecule has 0 spiro atoms. The van der Waals surface area contributed by atoms with Crippen LogP contribution >= 0.6 is 11.3 Å². The third kappa shape index (κ3) is 2.55. The number of thiophene rings is 1. The van der Waals surface area contributed by atoms with Gasteiger partial charge in [-0.2, -0.15) is 0 Å². The van der Waals surface area contributed by atoms with Crippen molar-refractivity contribution < 1.29 is 0 Å². The fourth-order valence-corrected chi connectivity index (χ4v) is 4.05. The molecule has 2 heterocycles. The first-order chi connectivity index (χ1) is 12.2. The first-order valence-electron chi connectivity index (χ1n) is 8.17. The van der Waals surface area contributed by atoms with Crippen LogP contribution in [0.1, 0.15) is 16.0 Å². The number of hydrogen-bond donors (Lipinski definition) is 1. The molecule has 0 bridgehead atoms. The van der Waals surface area contributed by atoms with Gasteiger partial charge in [0.05, 0.1) is 12.2 Å². The van der Waals surface area contributed by atoms with Crippen molar-refractivity contribution in [2.45, 2.75) is 12.1 Å². The second kappa shape index (κ2) is 6.22. The van der Waals surface area contributed by atoms with Crippen LogP contribution in [0.5, 0.6) is 0 Å². The number of benzene rings is 2. The van der Waals surface area contributed by atoms with Gasteiger partial charge in [-0.15, -0.1) is 11.3 Å². The highest BCUT2D eigenvalue weighted by Gasteiger charge is 2.45. The van der Waals surface area contributed by atoms with Gasteiger partial charge in [0.25, 0.3) is 0 Å². The molecule has 0 unspecified atom stereocenters. The SMILES string of the molecule is C=C1N(Cc2cccs2)C(N)=NC1(c1ccccc1)c1ccccc1. The Labute approximate surface area is 151 Å². The smallest absolute Gasteiger partial charge is 0.197 e. The lowest BCUT2D eigenvalue weighted by Crippen LogP contribution is -2.34. The molecule has 0 saturated heterocycles. The topological polar surface area (TPSA) is 41.6 Å². The Kier molecular flexibility index (Phi) is 3.90. The van der Waals surface area contributed by atoms with Crippen LogP contribution in [-0.2, 0) is 12.1 Å². The average Bonchev–Trinajstić information content (AvgIpc) is 3.26. The van der Waals surface area contributed by atoms with E-state index in [2.05, 4.69) is 42.3 Å². The largest absolute Gasteiger partial charge is 0.369 e. The molecule has 1 aromatic heterocycles. The highest BCUT2D eigenvalue weighted by molar-refractivity contribution is 7.09. The minimum atomic E-state index is -0.677. The molecule has 0 radical (unpaired) electrons. The summed E-state index contributed by atoms with van der Waals surface area (Å²) in [4.78, 5) is 8.18. The maximum absolute atomic E-state index is 6.36. The summed E-state index contributed by atoms with van der Waals surface area (Å²) >= 11 is 1.71. The standard InChI is InChI=1S/C21H19N3S/c1-16-21(17-9-4-2-5-10-17,18-11-6-3-7-12-18)23-20(22)24(16)15-19-13-8-14-25-19/h2-14H,1,15H2,(H2,22,23). The number of guanidine groups is 1. The maximum atomic E-state index is 6.36. The van der Waals surface area contributed by atoms with Gasteiger partial charge in [-0.3, -0.25) is 0 Å². The summed E-state index contributed by atoms with van der Waals surface area (Å²) in [5.74, 6) is 0.506. The summed E-state index contributed by atoms with van der Waals surface area (Å²) < 4.78 is 0. The lowest BCUT2D eigenvalue weighted by atomic mass is 9.81. The van der Waals surface area contributed by atoms with E-state index in [1.54, 1.807) is 11.3 Å². The van der Waals surface area contributed by atoms with E-state index in [1.165, 1.54) is 4.88 Å². The molecule has 4 rings (SSSR count). The third-order valence-electron chi connectivity index (χ3n) is 4.58. The number of aliphatic imine (C=N–C) groups is 1. The molecule has 0 saturated carbocycles. The highest BCUT2D eigenvalue weighted by atomic mass is 32.1. The van der Waals surface area contributed by atoms with Crippen molar-refractivity contribution in [2.75, 3.05) is 0 Å². The first-order valence-corrected chi connectivity index (χ1v) is 9.05. The summed E-state index contributed by atoms with van der Waals surface area (Å²) in [6, 6.07) is 24.6. The van der Waals surface area contributed by atoms with E-state index in [4.69, 9.17) is 10.7 Å². The number of rotatable bonds is 4. The van der Waals surface area contributed by atoms with Crippen LogP contribution in [0.4, 0.5) is 0 Å². The number of nitrogens with zero attached hydrogens (tertiary/aromatic N) is 2. The minimum absolute atomic E-state index is 0.506. The van der Waals surface area contributed by atoms with Crippen molar-refractivity contribution in [3.05, 3.63) is 106 Å². The van der Waals surface area contributed by atoms with Crippen molar-refractivity contribution in [1.82, 2.24) is 4.90 Å². The lowest BCUT2D eigenvalue weighted by Gasteiger charge is -2.31. The quantitative estimate of drug-likeness (QED) is 0.764. The Hall–Kier alpha value is -2.85. The van der Waals surface area contributed by atoms with Crippen LogP contribution in [0.25, 0.3) is 0 Å². The van der Waals surface area contributed by atoms with Gasteiger partial charge in [0.1, 0.15) is 0 Å². The zero-order chi connectivity index (χ0) is 17.3. The van der Waals surface area contributed by atoms with Crippen LogP contribution in [0.2, 0.25) is 0 Å². The predicted octanol–water partition coefficient (Wildman–Crippen LogP) is 4.34. The van der Waals surface area contributed by atoms with Gasteiger partial charge in [-0.25, -0.2) is 4.99 Å². The Morgan fingerprint density at radius 1 is 0.920 bits per heavy atom. The summed E-state index contributed by atoms with van der Waals surface area (Å²) in [6.45, 7) is 5.10. The molecule has 1 aliphatic heterocycles. The Bertz CT molecular complexity index is 859. The Balaban J connectivity index is 1.84. The van der Waals surface area contributed by atoms with E-state index in [9.17, 15) is 0 Å². The fraction of sp³-hybridized carbons (Fsp3) is 0.0952. The molecule has 2 aromatic carbocycles. The number of nitrogens with two attached hydrogens (primary N) is 1. The molecule has 0 aliphatic carbocycles. The van der Waals surface area contributed by atoms with E-state index in [0.717, 1.165) is 16.8 Å². The predicted molar refractivity (Wildman–Crippen MR) is 104 cm³/mol. The van der Waals surface area contributed by atoms with Crippen molar-refractivity contribution >= 4 is 17.3 Å². The van der Waals surface area contributed by atoms with Crippen molar-refractivity contribution in [3.8, 4) is 0 Å². The average molecular weight is 345 g/mol. The molecule has 4 heteroatoms. The van der Waals surface area contributed by atoms with Gasteiger partial charge in [-0.05, 0) is 22.6 Å². The van der Waals surface area contributed by atoms with Crippen molar-refractivity contribution in [2.24, 2.45) is 10.7 Å². The molecular weight excluding hydrogens is 326 g/mol. The highest BCUT2D eigenvalue weighted by Crippen LogP contribution is 2.45. The molecular formula is C21H19N3S. The van der Waals surface area contributed by atoms with E-state index in [-0.39, 0.29) is 0 Å². The van der Waals surface area contributed by atoms with Crippen LogP contribution in [-0.4, -0.2) is 10.9 Å². The van der Waals surface area contributed by atoms with E-state index >= 15 is 0 Å².